The van der Waals surface area contributed by atoms with E-state index in [1.54, 1.807) is 13.2 Å². The molecule has 3 aromatic rings. The van der Waals surface area contributed by atoms with E-state index < -0.39 is 19.8 Å². The molecule has 4 heterocycles. The molecule has 2 aliphatic rings. The minimum absolute atomic E-state index is 0.00114. The Bertz CT molecular complexity index is 1440. The largest absolute Gasteiger partial charge is 0.476 e. The zero-order valence-electron chi connectivity index (χ0n) is 24.9. The molecular formula is C28H39ClF3N7O3Si. The summed E-state index contributed by atoms with van der Waals surface area (Å²) in [5.74, 6) is 1.14. The van der Waals surface area contributed by atoms with Crippen molar-refractivity contribution in [2.45, 2.75) is 64.0 Å². The van der Waals surface area contributed by atoms with Crippen LogP contribution in [0.3, 0.4) is 0 Å². The molecule has 5 rings (SSSR count). The Hall–Kier alpha value is -2.81. The van der Waals surface area contributed by atoms with Gasteiger partial charge in [-0.05, 0) is 49.0 Å². The molecule has 0 atom stereocenters. The molecule has 43 heavy (non-hydrogen) atoms. The predicted molar refractivity (Wildman–Crippen MR) is 164 cm³/mol. The number of aromatic nitrogens is 4. The monoisotopic (exact) mass is 641 g/mol. The van der Waals surface area contributed by atoms with Crippen LogP contribution in [0.5, 0.6) is 5.88 Å². The highest BCUT2D eigenvalue weighted by atomic mass is 35.5. The van der Waals surface area contributed by atoms with Gasteiger partial charge in [-0.2, -0.15) is 23.1 Å². The van der Waals surface area contributed by atoms with Crippen molar-refractivity contribution < 1.29 is 27.4 Å². The molecule has 0 radical (unpaired) electrons. The van der Waals surface area contributed by atoms with E-state index in [9.17, 15) is 13.2 Å². The molecule has 3 aromatic heterocycles. The Morgan fingerprint density at radius 2 is 1.88 bits per heavy atom. The van der Waals surface area contributed by atoms with Crippen LogP contribution in [0.1, 0.15) is 24.8 Å². The highest BCUT2D eigenvalue weighted by Crippen LogP contribution is 2.50. The lowest BCUT2D eigenvalue weighted by molar-refractivity contribution is -0.136. The zero-order chi connectivity index (χ0) is 31.0. The van der Waals surface area contributed by atoms with Gasteiger partial charge in [-0.3, -0.25) is 0 Å². The average molecular weight is 642 g/mol. The Morgan fingerprint density at radius 3 is 2.56 bits per heavy atom. The van der Waals surface area contributed by atoms with E-state index in [1.807, 2.05) is 6.07 Å². The number of nitrogens with one attached hydrogen (secondary N) is 1. The SMILES string of the molecule is COC1CC2(C1)CN(c1ccc(N)c(OCCCNc3nc(Cl)nc4c3c(C(F)(F)F)cn4COCC[Si](C)(C)C)n1)C2. The average Bonchev–Trinajstić information content (AvgIpc) is 3.25. The molecule has 1 aliphatic heterocycles. The van der Waals surface area contributed by atoms with Gasteiger partial charge in [0, 0.05) is 53.0 Å². The highest BCUT2D eigenvalue weighted by Gasteiger charge is 2.53. The second-order valence-corrected chi connectivity index (χ2v) is 18.7. The molecular weight excluding hydrogens is 603 g/mol. The number of rotatable bonds is 13. The number of ether oxygens (including phenoxy) is 3. The van der Waals surface area contributed by atoms with Crippen molar-refractivity contribution in [2.24, 2.45) is 5.41 Å². The number of fused-ring (bicyclic) bond motifs is 1. The van der Waals surface area contributed by atoms with Crippen molar-refractivity contribution in [3.63, 3.8) is 0 Å². The molecule has 0 amide bonds. The Morgan fingerprint density at radius 1 is 1.14 bits per heavy atom. The van der Waals surface area contributed by atoms with E-state index in [2.05, 4.69) is 44.8 Å². The second kappa shape index (κ2) is 12.3. The lowest BCUT2D eigenvalue weighted by atomic mass is 9.62. The number of nitrogens with zero attached hydrogens (tertiary/aromatic N) is 5. The fourth-order valence-corrected chi connectivity index (χ4v) is 6.50. The summed E-state index contributed by atoms with van der Waals surface area (Å²) in [6.45, 7) is 9.36. The minimum Gasteiger partial charge on any atom is -0.476 e. The fourth-order valence-electron chi connectivity index (χ4n) is 5.58. The van der Waals surface area contributed by atoms with Crippen molar-refractivity contribution >= 4 is 48.0 Å². The quantitative estimate of drug-likeness (QED) is 0.134. The maximum atomic E-state index is 14.0. The summed E-state index contributed by atoms with van der Waals surface area (Å²) in [5.41, 5.74) is 6.04. The molecule has 15 heteroatoms. The van der Waals surface area contributed by atoms with Crippen LogP contribution < -0.4 is 20.7 Å². The van der Waals surface area contributed by atoms with Gasteiger partial charge in [0.2, 0.25) is 11.2 Å². The number of halogens is 4. The zero-order valence-corrected chi connectivity index (χ0v) is 26.7. The number of hydrogen-bond donors (Lipinski definition) is 2. The van der Waals surface area contributed by atoms with Gasteiger partial charge in [-0.1, -0.05) is 19.6 Å². The van der Waals surface area contributed by atoms with Crippen molar-refractivity contribution in [2.75, 3.05) is 55.9 Å². The number of alkyl halides is 3. The molecule has 10 nitrogen and oxygen atoms in total. The van der Waals surface area contributed by atoms with Crippen LogP contribution in [-0.4, -0.2) is 73.7 Å². The van der Waals surface area contributed by atoms with Crippen LogP contribution in [0.4, 0.5) is 30.5 Å². The summed E-state index contributed by atoms with van der Waals surface area (Å²) in [6.07, 6.45) is -0.689. The summed E-state index contributed by atoms with van der Waals surface area (Å²) in [7, 11) is 0.400. The Labute approximate surface area is 255 Å². The molecule has 0 aromatic carbocycles. The number of hydrogen-bond acceptors (Lipinski definition) is 9. The van der Waals surface area contributed by atoms with Crippen molar-refractivity contribution in [3.05, 3.63) is 29.2 Å². The van der Waals surface area contributed by atoms with Crippen LogP contribution in [0.15, 0.2) is 18.3 Å². The van der Waals surface area contributed by atoms with Crippen LogP contribution in [0, 0.1) is 5.41 Å². The third-order valence-corrected chi connectivity index (χ3v) is 9.85. The predicted octanol–water partition coefficient (Wildman–Crippen LogP) is 5.89. The Kier molecular flexibility index (Phi) is 9.03. The first-order chi connectivity index (χ1) is 20.3. The highest BCUT2D eigenvalue weighted by molar-refractivity contribution is 6.76. The van der Waals surface area contributed by atoms with Crippen LogP contribution >= 0.6 is 11.6 Å². The number of methoxy groups -OCH3 is 1. The van der Waals surface area contributed by atoms with Gasteiger partial charge >= 0.3 is 6.18 Å². The van der Waals surface area contributed by atoms with Gasteiger partial charge in [-0.25, -0.2) is 4.98 Å². The first-order valence-electron chi connectivity index (χ1n) is 14.4. The summed E-state index contributed by atoms with van der Waals surface area (Å²) in [4.78, 5) is 15.0. The first kappa shape index (κ1) is 31.6. The van der Waals surface area contributed by atoms with Crippen molar-refractivity contribution in [1.29, 1.82) is 0 Å². The third-order valence-electron chi connectivity index (χ3n) is 7.98. The van der Waals surface area contributed by atoms with Gasteiger partial charge in [0.05, 0.1) is 29.3 Å². The molecule has 1 spiro atoms. The normalized spacial score (nSPS) is 16.9. The van der Waals surface area contributed by atoms with E-state index in [-0.39, 0.29) is 42.0 Å². The molecule has 1 aliphatic carbocycles. The molecule has 2 fully saturated rings. The van der Waals surface area contributed by atoms with Gasteiger partial charge in [0.15, 0.2) is 0 Å². The summed E-state index contributed by atoms with van der Waals surface area (Å²) in [5, 5.41) is 2.67. The number of nitrogens with two attached hydrogens (primary N) is 1. The Balaban J connectivity index is 1.19. The van der Waals surface area contributed by atoms with E-state index in [0.29, 0.717) is 36.1 Å². The van der Waals surface area contributed by atoms with Crippen LogP contribution in [-0.2, 0) is 22.4 Å². The third kappa shape index (κ3) is 7.30. The van der Waals surface area contributed by atoms with Gasteiger partial charge in [0.25, 0.3) is 0 Å². The molecule has 0 bridgehead atoms. The first-order valence-corrected chi connectivity index (χ1v) is 18.5. The minimum atomic E-state index is -4.62. The van der Waals surface area contributed by atoms with Crippen LogP contribution in [0.2, 0.25) is 31.0 Å². The topological polar surface area (TPSA) is 113 Å². The summed E-state index contributed by atoms with van der Waals surface area (Å²) >= 11 is 6.13. The smallest absolute Gasteiger partial charge is 0.418 e. The van der Waals surface area contributed by atoms with Gasteiger partial charge < -0.3 is 34.7 Å². The van der Waals surface area contributed by atoms with Crippen molar-refractivity contribution in [3.8, 4) is 5.88 Å². The summed E-state index contributed by atoms with van der Waals surface area (Å²) < 4.78 is 60.4. The van der Waals surface area contributed by atoms with E-state index in [4.69, 9.17) is 31.5 Å². The van der Waals surface area contributed by atoms with E-state index in [0.717, 1.165) is 44.0 Å². The molecule has 1 saturated carbocycles. The standard InChI is InChI=1S/C28H39ClF3N7O3Si/c1-40-18-12-27(13-18)15-39(16-27)21-7-6-20(33)25(35-21)42-9-5-8-34-23-22-19(28(30,31)32)14-38(24(22)37-26(29)36-23)17-41-10-11-43(2,3)4/h6-7,14,18H,5,8-13,15-17,33H2,1-4H3,(H,34,36,37). The van der Waals surface area contributed by atoms with Crippen LogP contribution in [0.25, 0.3) is 11.0 Å². The number of anilines is 3. The lowest BCUT2D eigenvalue weighted by Crippen LogP contribution is -2.64. The van der Waals surface area contributed by atoms with Gasteiger partial charge in [-0.15, -0.1) is 0 Å². The number of nitrogen functional groups attached to an aromatic ring is 1. The van der Waals surface area contributed by atoms with E-state index >= 15 is 0 Å². The van der Waals surface area contributed by atoms with E-state index in [1.165, 1.54) is 4.57 Å². The molecule has 1 saturated heterocycles. The molecule has 3 N–H and O–H groups in total. The maximum absolute atomic E-state index is 14.0. The maximum Gasteiger partial charge on any atom is 0.418 e. The lowest BCUT2D eigenvalue weighted by Gasteiger charge is -2.59. The second-order valence-electron chi connectivity index (χ2n) is 12.7. The van der Waals surface area contributed by atoms with Gasteiger partial charge in [0.1, 0.15) is 24.0 Å². The molecule has 236 valence electrons. The fraction of sp³-hybridized carbons (Fsp3) is 0.607. The summed E-state index contributed by atoms with van der Waals surface area (Å²) in [6, 6.07) is 4.55. The number of pyridine rings is 1. The van der Waals surface area contributed by atoms with Crippen molar-refractivity contribution in [1.82, 2.24) is 19.5 Å². The molecule has 0 unspecified atom stereocenters.